The molecule has 0 aliphatic carbocycles. The molecule has 1 aromatic heterocycles. The van der Waals surface area contributed by atoms with E-state index in [1.807, 2.05) is 19.1 Å². The molecule has 5 heteroatoms. The number of rotatable bonds is 2. The number of imidazole rings is 1. The topological polar surface area (TPSA) is 93.6 Å². The van der Waals surface area contributed by atoms with Crippen LogP contribution in [0.15, 0.2) is 24.3 Å². The minimum absolute atomic E-state index is 0.379. The molecular formula is C12H13N5. The van der Waals surface area contributed by atoms with E-state index < -0.39 is 0 Å². The van der Waals surface area contributed by atoms with Gasteiger partial charge in [-0.2, -0.15) is 5.26 Å². The summed E-state index contributed by atoms with van der Waals surface area (Å²) in [6.07, 6.45) is 0.690. The predicted molar refractivity (Wildman–Crippen MR) is 66.3 cm³/mol. The van der Waals surface area contributed by atoms with Crippen molar-refractivity contribution in [2.24, 2.45) is 0 Å². The lowest BCUT2D eigenvalue weighted by Gasteiger charge is -2.02. The number of aryl methyl sites for hydroxylation is 1. The molecular weight excluding hydrogens is 214 g/mol. The third kappa shape index (κ3) is 1.70. The van der Waals surface area contributed by atoms with Crippen molar-refractivity contribution in [3.63, 3.8) is 0 Å². The number of hydrogen-bond acceptors (Lipinski definition) is 4. The molecule has 0 amide bonds. The van der Waals surface area contributed by atoms with Crippen LogP contribution < -0.4 is 11.6 Å². The SMILES string of the molecule is CCc1nc(-c2ccccc2C#N)c(N)n1N. The Bertz CT molecular complexity index is 591. The van der Waals surface area contributed by atoms with Crippen LogP contribution in [0.4, 0.5) is 5.82 Å². The molecule has 0 saturated carbocycles. The first-order valence-electron chi connectivity index (χ1n) is 5.30. The standard InChI is InChI=1S/C12H13N5/c1-2-10-16-11(12(14)17(10)15)9-6-4-3-5-8(9)7-13/h3-6H,2,14-15H2,1H3. The van der Waals surface area contributed by atoms with Crippen LogP contribution in [0.5, 0.6) is 0 Å². The van der Waals surface area contributed by atoms with Crippen LogP contribution in [0.3, 0.4) is 0 Å². The second-order valence-corrected chi connectivity index (χ2v) is 3.64. The molecule has 86 valence electrons. The normalized spacial score (nSPS) is 10.1. The van der Waals surface area contributed by atoms with Gasteiger partial charge in [-0.25, -0.2) is 9.66 Å². The summed E-state index contributed by atoms with van der Waals surface area (Å²) in [6.45, 7) is 1.95. The molecule has 5 nitrogen and oxygen atoms in total. The second-order valence-electron chi connectivity index (χ2n) is 3.64. The van der Waals surface area contributed by atoms with Gasteiger partial charge in [0.2, 0.25) is 0 Å². The van der Waals surface area contributed by atoms with Crippen LogP contribution in [0.2, 0.25) is 0 Å². The maximum absolute atomic E-state index is 9.05. The van der Waals surface area contributed by atoms with Crippen molar-refractivity contribution in [2.75, 3.05) is 11.6 Å². The third-order valence-electron chi connectivity index (χ3n) is 2.64. The number of nitrogens with zero attached hydrogens (tertiary/aromatic N) is 3. The number of nitrogens with two attached hydrogens (primary N) is 2. The van der Waals surface area contributed by atoms with E-state index in [9.17, 15) is 0 Å². The molecule has 2 rings (SSSR count). The van der Waals surface area contributed by atoms with E-state index in [1.54, 1.807) is 12.1 Å². The van der Waals surface area contributed by atoms with Crippen LogP contribution in [-0.2, 0) is 6.42 Å². The average molecular weight is 227 g/mol. The smallest absolute Gasteiger partial charge is 0.150 e. The average Bonchev–Trinajstić information content (AvgIpc) is 2.66. The highest BCUT2D eigenvalue weighted by Crippen LogP contribution is 2.27. The summed E-state index contributed by atoms with van der Waals surface area (Å²) < 4.78 is 1.36. The summed E-state index contributed by atoms with van der Waals surface area (Å²) in [5, 5.41) is 9.05. The van der Waals surface area contributed by atoms with Crippen molar-refractivity contribution in [3.05, 3.63) is 35.7 Å². The van der Waals surface area contributed by atoms with E-state index in [0.717, 1.165) is 0 Å². The molecule has 0 radical (unpaired) electrons. The molecule has 0 spiro atoms. The van der Waals surface area contributed by atoms with E-state index in [4.69, 9.17) is 16.8 Å². The first-order valence-corrected chi connectivity index (χ1v) is 5.30. The summed E-state index contributed by atoms with van der Waals surface area (Å²) in [5.74, 6) is 6.87. The predicted octanol–water partition coefficient (Wildman–Crippen LogP) is 1.28. The second kappa shape index (κ2) is 4.18. The molecule has 0 aliphatic heterocycles. The number of aromatic nitrogens is 2. The van der Waals surface area contributed by atoms with Gasteiger partial charge in [0, 0.05) is 12.0 Å². The number of nitriles is 1. The van der Waals surface area contributed by atoms with Crippen molar-refractivity contribution >= 4 is 5.82 Å². The Kier molecular flexibility index (Phi) is 2.71. The Morgan fingerprint density at radius 2 is 2.12 bits per heavy atom. The molecule has 0 bridgehead atoms. The largest absolute Gasteiger partial charge is 0.382 e. The van der Waals surface area contributed by atoms with Gasteiger partial charge >= 0.3 is 0 Å². The number of nitrogen functional groups attached to an aromatic ring is 2. The fourth-order valence-corrected chi connectivity index (χ4v) is 1.73. The maximum Gasteiger partial charge on any atom is 0.150 e. The van der Waals surface area contributed by atoms with Crippen LogP contribution in [0.1, 0.15) is 18.3 Å². The van der Waals surface area contributed by atoms with Gasteiger partial charge in [0.15, 0.2) is 5.82 Å². The van der Waals surface area contributed by atoms with E-state index >= 15 is 0 Å². The highest BCUT2D eigenvalue weighted by molar-refractivity contribution is 5.75. The lowest BCUT2D eigenvalue weighted by atomic mass is 10.1. The molecule has 0 unspecified atom stereocenters. The fraction of sp³-hybridized carbons (Fsp3) is 0.167. The monoisotopic (exact) mass is 227 g/mol. The molecule has 1 heterocycles. The van der Waals surface area contributed by atoms with Crippen molar-refractivity contribution in [1.29, 1.82) is 5.26 Å². The molecule has 4 N–H and O–H groups in total. The van der Waals surface area contributed by atoms with Gasteiger partial charge in [0.05, 0.1) is 11.6 Å². The first-order chi connectivity index (χ1) is 8.19. The van der Waals surface area contributed by atoms with Gasteiger partial charge in [0.25, 0.3) is 0 Å². The lowest BCUT2D eigenvalue weighted by Crippen LogP contribution is -2.14. The van der Waals surface area contributed by atoms with Gasteiger partial charge < -0.3 is 11.6 Å². The van der Waals surface area contributed by atoms with Gasteiger partial charge in [-0.3, -0.25) is 0 Å². The fourth-order valence-electron chi connectivity index (χ4n) is 1.73. The highest BCUT2D eigenvalue weighted by atomic mass is 15.4. The zero-order chi connectivity index (χ0) is 12.4. The van der Waals surface area contributed by atoms with Crippen molar-refractivity contribution in [3.8, 4) is 17.3 Å². The van der Waals surface area contributed by atoms with Gasteiger partial charge in [-0.15, -0.1) is 0 Å². The minimum Gasteiger partial charge on any atom is -0.382 e. The number of hydrogen-bond donors (Lipinski definition) is 2. The van der Waals surface area contributed by atoms with Crippen molar-refractivity contribution < 1.29 is 0 Å². The Labute approximate surface area is 99.3 Å². The Hall–Kier alpha value is -2.48. The summed E-state index contributed by atoms with van der Waals surface area (Å²) in [7, 11) is 0. The number of benzene rings is 1. The van der Waals surface area contributed by atoms with Gasteiger partial charge in [-0.1, -0.05) is 25.1 Å². The van der Waals surface area contributed by atoms with Gasteiger partial charge in [0.1, 0.15) is 11.5 Å². The minimum atomic E-state index is 0.379. The molecule has 0 fully saturated rings. The Morgan fingerprint density at radius 3 is 2.71 bits per heavy atom. The molecule has 17 heavy (non-hydrogen) atoms. The highest BCUT2D eigenvalue weighted by Gasteiger charge is 2.15. The Morgan fingerprint density at radius 1 is 1.41 bits per heavy atom. The van der Waals surface area contributed by atoms with E-state index in [1.165, 1.54) is 4.68 Å². The molecule has 2 aromatic rings. The first kappa shape index (κ1) is 11.0. The number of anilines is 1. The molecule has 0 atom stereocenters. The maximum atomic E-state index is 9.05. The quantitative estimate of drug-likeness (QED) is 0.755. The van der Waals surface area contributed by atoms with Gasteiger partial charge in [-0.05, 0) is 6.07 Å². The lowest BCUT2D eigenvalue weighted by molar-refractivity contribution is 0.865. The van der Waals surface area contributed by atoms with Crippen LogP contribution >= 0.6 is 0 Å². The molecule has 0 aliphatic rings. The van der Waals surface area contributed by atoms with E-state index in [2.05, 4.69) is 11.1 Å². The van der Waals surface area contributed by atoms with Crippen molar-refractivity contribution in [1.82, 2.24) is 9.66 Å². The van der Waals surface area contributed by atoms with Crippen molar-refractivity contribution in [2.45, 2.75) is 13.3 Å². The summed E-state index contributed by atoms with van der Waals surface area (Å²) >= 11 is 0. The van der Waals surface area contributed by atoms with Crippen LogP contribution in [0, 0.1) is 11.3 Å². The zero-order valence-electron chi connectivity index (χ0n) is 9.51. The van der Waals surface area contributed by atoms with Crippen LogP contribution in [-0.4, -0.2) is 9.66 Å². The van der Waals surface area contributed by atoms with Crippen LogP contribution in [0.25, 0.3) is 11.3 Å². The van der Waals surface area contributed by atoms with E-state index in [-0.39, 0.29) is 0 Å². The van der Waals surface area contributed by atoms with E-state index in [0.29, 0.717) is 34.9 Å². The summed E-state index contributed by atoms with van der Waals surface area (Å²) in [4.78, 5) is 4.37. The molecule has 1 aromatic carbocycles. The Balaban J connectivity index is 2.65. The zero-order valence-corrected chi connectivity index (χ0v) is 9.51. The summed E-state index contributed by atoms with van der Waals surface area (Å²) in [5.41, 5.74) is 7.73. The third-order valence-corrected chi connectivity index (χ3v) is 2.64. The summed E-state index contributed by atoms with van der Waals surface area (Å²) in [6, 6.07) is 9.32. The molecule has 0 saturated heterocycles.